The molecule has 2 rings (SSSR count). The van der Waals surface area contributed by atoms with Crippen LogP contribution in [0.5, 0.6) is 5.75 Å². The third-order valence-corrected chi connectivity index (χ3v) is 3.11. The number of hydrogen-bond donors (Lipinski definition) is 2. The van der Waals surface area contributed by atoms with Gasteiger partial charge in [0.05, 0.1) is 12.3 Å². The zero-order valence-electron chi connectivity index (χ0n) is 11.8. The van der Waals surface area contributed by atoms with E-state index in [4.69, 9.17) is 15.6 Å². The van der Waals surface area contributed by atoms with Gasteiger partial charge in [0.2, 0.25) is 0 Å². The molecular formula is C16H20N2O2. The third-order valence-electron chi connectivity index (χ3n) is 3.11. The smallest absolute Gasteiger partial charge is 0.144 e. The normalized spacial score (nSPS) is 10.3. The van der Waals surface area contributed by atoms with E-state index in [1.807, 2.05) is 61.5 Å². The molecule has 0 aliphatic heterocycles. The highest BCUT2D eigenvalue weighted by Gasteiger charge is 2.04. The molecule has 0 radical (unpaired) electrons. The molecule has 2 aromatic rings. The van der Waals surface area contributed by atoms with E-state index in [1.54, 1.807) is 0 Å². The van der Waals surface area contributed by atoms with Crippen molar-refractivity contribution in [3.63, 3.8) is 0 Å². The summed E-state index contributed by atoms with van der Waals surface area (Å²) in [4.78, 5) is 2.00. The minimum Gasteiger partial charge on any atom is -0.487 e. The van der Waals surface area contributed by atoms with E-state index in [2.05, 4.69) is 0 Å². The lowest BCUT2D eigenvalue weighted by molar-refractivity contribution is 0.281. The van der Waals surface area contributed by atoms with Gasteiger partial charge in [-0.15, -0.1) is 0 Å². The first-order valence-corrected chi connectivity index (χ1v) is 6.48. The minimum atomic E-state index is 0.0545. The fraction of sp³-hybridized carbons (Fsp3) is 0.250. The minimum absolute atomic E-state index is 0.0545. The third kappa shape index (κ3) is 3.42. The number of nitrogens with zero attached hydrogens (tertiary/aromatic N) is 1. The number of benzene rings is 2. The lowest BCUT2D eigenvalue weighted by Crippen LogP contribution is -2.09. The molecule has 3 N–H and O–H groups in total. The van der Waals surface area contributed by atoms with Crippen LogP contribution in [0.25, 0.3) is 0 Å². The van der Waals surface area contributed by atoms with Crippen molar-refractivity contribution < 1.29 is 9.84 Å². The summed E-state index contributed by atoms with van der Waals surface area (Å²) in [6.45, 7) is 0.506. The molecule has 0 bridgehead atoms. The predicted molar refractivity (Wildman–Crippen MR) is 81.9 cm³/mol. The predicted octanol–water partition coefficient (Wildman–Crippen LogP) is 2.41. The number of ether oxygens (including phenoxy) is 1. The van der Waals surface area contributed by atoms with Gasteiger partial charge >= 0.3 is 0 Å². The van der Waals surface area contributed by atoms with Crippen molar-refractivity contribution in [3.8, 4) is 5.75 Å². The summed E-state index contributed by atoms with van der Waals surface area (Å²) < 4.78 is 5.77. The molecule has 0 saturated heterocycles. The first-order valence-electron chi connectivity index (χ1n) is 6.48. The fourth-order valence-electron chi connectivity index (χ4n) is 1.83. The fourth-order valence-corrected chi connectivity index (χ4v) is 1.83. The number of nitrogen functional groups attached to an aromatic ring is 1. The topological polar surface area (TPSA) is 58.7 Å². The molecule has 0 aromatic heterocycles. The Kier molecular flexibility index (Phi) is 4.48. The molecular weight excluding hydrogens is 252 g/mol. The van der Waals surface area contributed by atoms with Gasteiger partial charge in [0.25, 0.3) is 0 Å². The zero-order chi connectivity index (χ0) is 14.5. The lowest BCUT2D eigenvalue weighted by Gasteiger charge is -2.16. The van der Waals surface area contributed by atoms with Crippen LogP contribution in [0.1, 0.15) is 11.1 Å². The molecule has 20 heavy (non-hydrogen) atoms. The van der Waals surface area contributed by atoms with Crippen molar-refractivity contribution in [3.05, 3.63) is 53.6 Å². The molecule has 0 aliphatic carbocycles. The molecule has 0 unspecified atom stereocenters. The average Bonchev–Trinajstić information content (AvgIpc) is 2.46. The van der Waals surface area contributed by atoms with Crippen molar-refractivity contribution >= 4 is 11.4 Å². The van der Waals surface area contributed by atoms with Crippen molar-refractivity contribution in [1.82, 2.24) is 0 Å². The van der Waals surface area contributed by atoms with Crippen molar-refractivity contribution in [2.75, 3.05) is 24.7 Å². The second-order valence-electron chi connectivity index (χ2n) is 4.88. The van der Waals surface area contributed by atoms with Gasteiger partial charge in [-0.2, -0.15) is 0 Å². The van der Waals surface area contributed by atoms with Gasteiger partial charge < -0.3 is 20.5 Å². The molecule has 0 spiro atoms. The van der Waals surface area contributed by atoms with Crippen molar-refractivity contribution in [2.24, 2.45) is 0 Å². The maximum Gasteiger partial charge on any atom is 0.144 e. The number of aliphatic hydroxyl groups is 1. The van der Waals surface area contributed by atoms with Crippen molar-refractivity contribution in [1.29, 1.82) is 0 Å². The van der Waals surface area contributed by atoms with Crippen LogP contribution in [0.3, 0.4) is 0 Å². The van der Waals surface area contributed by atoms with Crippen molar-refractivity contribution in [2.45, 2.75) is 13.2 Å². The van der Waals surface area contributed by atoms with E-state index in [0.717, 1.165) is 16.8 Å². The Labute approximate surface area is 119 Å². The monoisotopic (exact) mass is 272 g/mol. The van der Waals surface area contributed by atoms with Crippen LogP contribution in [0.4, 0.5) is 11.4 Å². The summed E-state index contributed by atoms with van der Waals surface area (Å²) in [6, 6.07) is 13.4. The van der Waals surface area contributed by atoms with E-state index in [-0.39, 0.29) is 6.61 Å². The van der Waals surface area contributed by atoms with Gasteiger partial charge in [-0.05, 0) is 23.3 Å². The second kappa shape index (κ2) is 6.30. The summed E-state index contributed by atoms with van der Waals surface area (Å²) in [5.74, 6) is 0.683. The van der Waals surface area contributed by atoms with Gasteiger partial charge in [-0.3, -0.25) is 0 Å². The number of anilines is 2. The zero-order valence-corrected chi connectivity index (χ0v) is 11.8. The van der Waals surface area contributed by atoms with Crippen LogP contribution in [-0.2, 0) is 13.2 Å². The molecule has 0 fully saturated rings. The summed E-state index contributed by atoms with van der Waals surface area (Å²) in [6.07, 6.45) is 0. The van der Waals surface area contributed by atoms with E-state index in [0.29, 0.717) is 18.0 Å². The maximum absolute atomic E-state index is 9.00. The standard InChI is InChI=1S/C16H20N2O2/c1-18(2)14-7-8-15(17)16(9-14)20-11-13-5-3-12(10-19)4-6-13/h3-9,19H,10-11,17H2,1-2H3. The van der Waals surface area contributed by atoms with Crippen LogP contribution in [0, 0.1) is 0 Å². The molecule has 0 aliphatic rings. The van der Waals surface area contributed by atoms with Crippen LogP contribution in [0.2, 0.25) is 0 Å². The van der Waals surface area contributed by atoms with Crippen LogP contribution in [0.15, 0.2) is 42.5 Å². The lowest BCUT2D eigenvalue weighted by atomic mass is 10.1. The molecule has 0 amide bonds. The van der Waals surface area contributed by atoms with E-state index in [1.165, 1.54) is 0 Å². The molecule has 4 heteroatoms. The Morgan fingerprint density at radius 2 is 1.70 bits per heavy atom. The second-order valence-corrected chi connectivity index (χ2v) is 4.88. The highest BCUT2D eigenvalue weighted by Crippen LogP contribution is 2.27. The maximum atomic E-state index is 9.00. The first-order chi connectivity index (χ1) is 9.60. The van der Waals surface area contributed by atoms with Crippen LogP contribution >= 0.6 is 0 Å². The van der Waals surface area contributed by atoms with Crippen LogP contribution < -0.4 is 15.4 Å². The van der Waals surface area contributed by atoms with E-state index in [9.17, 15) is 0 Å². The number of rotatable bonds is 5. The molecule has 0 heterocycles. The van der Waals surface area contributed by atoms with Gasteiger partial charge in [0.1, 0.15) is 12.4 Å². The largest absolute Gasteiger partial charge is 0.487 e. The number of hydrogen-bond acceptors (Lipinski definition) is 4. The molecule has 0 atom stereocenters. The summed E-state index contributed by atoms with van der Waals surface area (Å²) >= 11 is 0. The average molecular weight is 272 g/mol. The molecule has 106 valence electrons. The van der Waals surface area contributed by atoms with Gasteiger partial charge in [-0.25, -0.2) is 0 Å². The van der Waals surface area contributed by atoms with Crippen LogP contribution in [-0.4, -0.2) is 19.2 Å². The molecule has 4 nitrogen and oxygen atoms in total. The van der Waals surface area contributed by atoms with E-state index < -0.39 is 0 Å². The molecule has 2 aromatic carbocycles. The Morgan fingerprint density at radius 1 is 1.05 bits per heavy atom. The summed E-state index contributed by atoms with van der Waals surface area (Å²) in [5.41, 5.74) is 9.53. The Balaban J connectivity index is 2.07. The van der Waals surface area contributed by atoms with Gasteiger partial charge in [-0.1, -0.05) is 24.3 Å². The summed E-state index contributed by atoms with van der Waals surface area (Å²) in [7, 11) is 3.95. The SMILES string of the molecule is CN(C)c1ccc(N)c(OCc2ccc(CO)cc2)c1. The quantitative estimate of drug-likeness (QED) is 0.821. The highest BCUT2D eigenvalue weighted by molar-refractivity contribution is 5.61. The van der Waals surface area contributed by atoms with Gasteiger partial charge in [0.15, 0.2) is 0 Å². The van der Waals surface area contributed by atoms with Gasteiger partial charge in [0, 0.05) is 25.8 Å². The number of aliphatic hydroxyl groups excluding tert-OH is 1. The Morgan fingerprint density at radius 3 is 2.30 bits per heavy atom. The Bertz CT molecular complexity index is 565. The first kappa shape index (κ1) is 14.2. The molecule has 0 saturated carbocycles. The summed E-state index contributed by atoms with van der Waals surface area (Å²) in [5, 5.41) is 9.00. The highest BCUT2D eigenvalue weighted by atomic mass is 16.5. The number of nitrogens with two attached hydrogens (primary N) is 1. The van der Waals surface area contributed by atoms with E-state index >= 15 is 0 Å². The Hall–Kier alpha value is -2.20.